The Labute approximate surface area is 168 Å². The van der Waals surface area contributed by atoms with Gasteiger partial charge in [0.25, 0.3) is 0 Å². The van der Waals surface area contributed by atoms with E-state index < -0.39 is 24.0 Å². The summed E-state index contributed by atoms with van der Waals surface area (Å²) in [5.74, 6) is 1.34. The first-order valence-corrected chi connectivity index (χ1v) is 9.18. The van der Waals surface area contributed by atoms with Crippen molar-refractivity contribution < 1.29 is 28.5 Å². The van der Waals surface area contributed by atoms with Crippen LogP contribution in [0.25, 0.3) is 0 Å². The molecule has 0 saturated carbocycles. The Bertz CT molecular complexity index is 660. The summed E-state index contributed by atoms with van der Waals surface area (Å²) in [6.07, 6.45) is -1.86. The van der Waals surface area contributed by atoms with E-state index in [4.69, 9.17) is 18.9 Å². The van der Waals surface area contributed by atoms with Crippen molar-refractivity contribution in [3.05, 3.63) is 22.2 Å². The molecule has 0 aliphatic heterocycles. The molecule has 8 nitrogen and oxygen atoms in total. The highest BCUT2D eigenvalue weighted by molar-refractivity contribution is 9.10. The second-order valence-electron chi connectivity index (χ2n) is 6.73. The molecule has 0 heterocycles. The van der Waals surface area contributed by atoms with Gasteiger partial charge in [-0.1, -0.05) is 0 Å². The standard InChI is InChI=1S/C18H27BrN2O6/c1-11(27-17(23)21-18(2,3)4)26-16(22)20-8-7-12-9-15(25-6)13(19)10-14(12)24-5/h9-11H,7-8H2,1-6H3,(H,20,22)(H,21,23). The number of ether oxygens (including phenoxy) is 4. The van der Waals surface area contributed by atoms with Crippen molar-refractivity contribution in [1.82, 2.24) is 10.6 Å². The molecule has 1 rings (SSSR count). The van der Waals surface area contributed by atoms with Crippen molar-refractivity contribution in [3.63, 3.8) is 0 Å². The quantitative estimate of drug-likeness (QED) is 0.621. The van der Waals surface area contributed by atoms with E-state index in [1.165, 1.54) is 6.92 Å². The van der Waals surface area contributed by atoms with Crippen LogP contribution in [0.1, 0.15) is 33.3 Å². The molecule has 0 aliphatic rings. The highest BCUT2D eigenvalue weighted by Crippen LogP contribution is 2.32. The van der Waals surface area contributed by atoms with Crippen molar-refractivity contribution in [2.45, 2.75) is 45.9 Å². The number of hydrogen-bond acceptors (Lipinski definition) is 6. The van der Waals surface area contributed by atoms with Crippen LogP contribution in [0, 0.1) is 0 Å². The number of carbonyl (C=O) groups is 2. The lowest BCUT2D eigenvalue weighted by atomic mass is 10.1. The second-order valence-corrected chi connectivity index (χ2v) is 7.58. The summed E-state index contributed by atoms with van der Waals surface area (Å²) in [5.41, 5.74) is 0.427. The predicted molar refractivity (Wildman–Crippen MR) is 104 cm³/mol. The topological polar surface area (TPSA) is 95.1 Å². The van der Waals surface area contributed by atoms with Crippen LogP contribution < -0.4 is 20.1 Å². The molecule has 2 N–H and O–H groups in total. The summed E-state index contributed by atoms with van der Waals surface area (Å²) >= 11 is 3.40. The fraction of sp³-hybridized carbons (Fsp3) is 0.556. The summed E-state index contributed by atoms with van der Waals surface area (Å²) in [5, 5.41) is 5.22. The summed E-state index contributed by atoms with van der Waals surface area (Å²) in [6, 6.07) is 3.63. The third kappa shape index (κ3) is 8.38. The highest BCUT2D eigenvalue weighted by atomic mass is 79.9. The molecule has 0 radical (unpaired) electrons. The Kier molecular flexibility index (Phi) is 8.68. The molecule has 0 aromatic heterocycles. The second kappa shape index (κ2) is 10.2. The fourth-order valence-corrected chi connectivity index (χ4v) is 2.61. The monoisotopic (exact) mass is 446 g/mol. The lowest BCUT2D eigenvalue weighted by Gasteiger charge is -2.22. The average molecular weight is 447 g/mol. The van der Waals surface area contributed by atoms with Crippen LogP contribution in [0.2, 0.25) is 0 Å². The first-order valence-electron chi connectivity index (χ1n) is 8.39. The summed E-state index contributed by atoms with van der Waals surface area (Å²) in [6.45, 7) is 7.22. The molecule has 0 bridgehead atoms. The zero-order valence-electron chi connectivity index (χ0n) is 16.5. The molecule has 152 valence electrons. The molecule has 0 spiro atoms. The van der Waals surface area contributed by atoms with Crippen LogP contribution in [0.3, 0.4) is 0 Å². The Morgan fingerprint density at radius 1 is 1.07 bits per heavy atom. The van der Waals surface area contributed by atoms with E-state index >= 15 is 0 Å². The molecule has 1 atom stereocenters. The van der Waals surface area contributed by atoms with Gasteiger partial charge in [-0.05, 0) is 60.8 Å². The fourth-order valence-electron chi connectivity index (χ4n) is 2.12. The molecular weight excluding hydrogens is 420 g/mol. The van der Waals surface area contributed by atoms with Gasteiger partial charge >= 0.3 is 12.2 Å². The van der Waals surface area contributed by atoms with Gasteiger partial charge < -0.3 is 29.6 Å². The van der Waals surface area contributed by atoms with Crippen LogP contribution in [0.15, 0.2) is 16.6 Å². The SMILES string of the molecule is COc1cc(CCNC(=O)OC(C)OC(=O)NC(C)(C)C)c(OC)cc1Br. The van der Waals surface area contributed by atoms with Gasteiger partial charge in [0.05, 0.1) is 18.7 Å². The Hall–Kier alpha value is -2.16. The molecule has 1 aromatic carbocycles. The van der Waals surface area contributed by atoms with Crippen molar-refractivity contribution in [2.75, 3.05) is 20.8 Å². The van der Waals surface area contributed by atoms with E-state index in [2.05, 4.69) is 26.6 Å². The van der Waals surface area contributed by atoms with Crippen molar-refractivity contribution in [3.8, 4) is 11.5 Å². The number of hydrogen-bond donors (Lipinski definition) is 2. The van der Waals surface area contributed by atoms with Gasteiger partial charge in [-0.3, -0.25) is 0 Å². The number of benzene rings is 1. The molecule has 27 heavy (non-hydrogen) atoms. The first kappa shape index (κ1) is 22.9. The van der Waals surface area contributed by atoms with Gasteiger partial charge in [-0.2, -0.15) is 0 Å². The summed E-state index contributed by atoms with van der Waals surface area (Å²) in [4.78, 5) is 23.5. The van der Waals surface area contributed by atoms with Gasteiger partial charge in [-0.15, -0.1) is 0 Å². The van der Waals surface area contributed by atoms with E-state index in [-0.39, 0.29) is 0 Å². The zero-order chi connectivity index (χ0) is 20.6. The predicted octanol–water partition coefficient (Wildman–Crippen LogP) is 3.61. The number of methoxy groups -OCH3 is 2. The first-order chi connectivity index (χ1) is 12.6. The minimum atomic E-state index is -1.02. The van der Waals surface area contributed by atoms with Crippen LogP contribution in [0.5, 0.6) is 11.5 Å². The number of nitrogens with one attached hydrogen (secondary N) is 2. The molecule has 0 fully saturated rings. The molecular formula is C18H27BrN2O6. The van der Waals surface area contributed by atoms with Crippen LogP contribution >= 0.6 is 15.9 Å². The van der Waals surface area contributed by atoms with Gasteiger partial charge in [-0.25, -0.2) is 9.59 Å². The van der Waals surface area contributed by atoms with E-state index in [1.807, 2.05) is 26.8 Å². The van der Waals surface area contributed by atoms with Crippen LogP contribution in [-0.4, -0.2) is 44.8 Å². The molecule has 0 saturated heterocycles. The third-order valence-electron chi connectivity index (χ3n) is 3.24. The van der Waals surface area contributed by atoms with Gasteiger partial charge in [0.1, 0.15) is 11.5 Å². The van der Waals surface area contributed by atoms with Gasteiger partial charge in [0.2, 0.25) is 6.29 Å². The molecule has 9 heteroatoms. The van der Waals surface area contributed by atoms with Crippen molar-refractivity contribution >= 4 is 28.1 Å². The number of halogens is 1. The normalized spacial score (nSPS) is 12.0. The number of carbonyl (C=O) groups excluding carboxylic acids is 2. The molecule has 1 unspecified atom stereocenters. The van der Waals surface area contributed by atoms with Crippen LogP contribution in [-0.2, 0) is 15.9 Å². The highest BCUT2D eigenvalue weighted by Gasteiger charge is 2.19. The lowest BCUT2D eigenvalue weighted by Crippen LogP contribution is -2.43. The number of amides is 2. The van der Waals surface area contributed by atoms with Crippen molar-refractivity contribution in [2.24, 2.45) is 0 Å². The number of rotatable bonds is 7. The molecule has 1 aromatic rings. The van der Waals surface area contributed by atoms with Gasteiger partial charge in [0.15, 0.2) is 0 Å². The largest absolute Gasteiger partial charge is 0.496 e. The lowest BCUT2D eigenvalue weighted by molar-refractivity contribution is -0.0495. The molecule has 2 amide bonds. The zero-order valence-corrected chi connectivity index (χ0v) is 18.1. The Morgan fingerprint density at radius 3 is 2.22 bits per heavy atom. The van der Waals surface area contributed by atoms with E-state index in [9.17, 15) is 9.59 Å². The van der Waals surface area contributed by atoms with E-state index in [1.54, 1.807) is 20.3 Å². The average Bonchev–Trinajstić information content (AvgIpc) is 2.53. The smallest absolute Gasteiger partial charge is 0.410 e. The maximum absolute atomic E-state index is 11.8. The maximum Gasteiger partial charge on any atom is 0.410 e. The minimum absolute atomic E-state index is 0.306. The van der Waals surface area contributed by atoms with E-state index in [0.29, 0.717) is 24.5 Å². The van der Waals surface area contributed by atoms with E-state index in [0.717, 1.165) is 10.0 Å². The summed E-state index contributed by atoms with van der Waals surface area (Å²) < 4.78 is 21.3. The van der Waals surface area contributed by atoms with Crippen molar-refractivity contribution in [1.29, 1.82) is 0 Å². The number of alkyl carbamates (subject to hydrolysis) is 2. The summed E-state index contributed by atoms with van der Waals surface area (Å²) in [7, 11) is 3.14. The maximum atomic E-state index is 11.8. The van der Waals surface area contributed by atoms with Gasteiger partial charge in [0, 0.05) is 19.0 Å². The van der Waals surface area contributed by atoms with Crippen LogP contribution in [0.4, 0.5) is 9.59 Å². The Morgan fingerprint density at radius 2 is 1.67 bits per heavy atom. The Balaban J connectivity index is 2.48. The molecule has 0 aliphatic carbocycles. The third-order valence-corrected chi connectivity index (χ3v) is 3.86. The minimum Gasteiger partial charge on any atom is -0.496 e.